The van der Waals surface area contributed by atoms with Gasteiger partial charge in [-0.15, -0.1) is 11.6 Å². The molecule has 4 nitrogen and oxygen atoms in total. The molecule has 0 aliphatic carbocycles. The van der Waals surface area contributed by atoms with Crippen LogP contribution >= 0.6 is 11.6 Å². The lowest BCUT2D eigenvalue weighted by Crippen LogP contribution is -2.27. The van der Waals surface area contributed by atoms with Crippen LogP contribution < -0.4 is 5.32 Å². The average molecular weight is 232 g/mol. The predicted molar refractivity (Wildman–Crippen MR) is 57.3 cm³/mol. The van der Waals surface area contributed by atoms with Crippen LogP contribution in [-0.2, 0) is 4.74 Å². The molecule has 1 heterocycles. The fraction of sp³-hybridized carbons (Fsp3) is 0.500. The molecule has 1 aromatic heterocycles. The third-order valence-corrected chi connectivity index (χ3v) is 2.01. The van der Waals surface area contributed by atoms with Crippen LogP contribution in [0.1, 0.15) is 16.1 Å². The van der Waals surface area contributed by atoms with Gasteiger partial charge in [0.2, 0.25) is 0 Å². The number of carbonyl (C=O) groups excluding carboxylic acids is 1. The fourth-order valence-corrected chi connectivity index (χ4v) is 1.22. The largest absolute Gasteiger partial charge is 0.469 e. The number of hydrogen-bond acceptors (Lipinski definition) is 3. The van der Waals surface area contributed by atoms with Crippen molar-refractivity contribution in [1.82, 2.24) is 5.32 Å². The number of furan rings is 1. The second-order valence-electron chi connectivity index (χ2n) is 2.95. The first-order valence-electron chi connectivity index (χ1n) is 4.71. The quantitative estimate of drug-likeness (QED) is 0.597. The van der Waals surface area contributed by atoms with E-state index in [1.807, 2.05) is 0 Å². The molecule has 0 saturated heterocycles. The van der Waals surface area contributed by atoms with Crippen molar-refractivity contribution in [1.29, 1.82) is 0 Å². The maximum atomic E-state index is 11.5. The van der Waals surface area contributed by atoms with Crippen molar-refractivity contribution in [2.24, 2.45) is 0 Å². The molecule has 1 aromatic rings. The maximum Gasteiger partial charge on any atom is 0.254 e. The molecule has 1 rings (SSSR count). The summed E-state index contributed by atoms with van der Waals surface area (Å²) in [7, 11) is 0. The van der Waals surface area contributed by atoms with Crippen LogP contribution in [0, 0.1) is 6.92 Å². The Hall–Kier alpha value is -1.00. The molecule has 0 spiro atoms. The van der Waals surface area contributed by atoms with Gasteiger partial charge >= 0.3 is 0 Å². The summed E-state index contributed by atoms with van der Waals surface area (Å²) in [5, 5.41) is 2.72. The number of ether oxygens (including phenoxy) is 1. The van der Waals surface area contributed by atoms with E-state index >= 15 is 0 Å². The number of hydrogen-bond donors (Lipinski definition) is 1. The lowest BCUT2D eigenvalue weighted by Gasteiger charge is -2.04. The second kappa shape index (κ2) is 6.48. The van der Waals surface area contributed by atoms with Crippen LogP contribution in [0.2, 0.25) is 0 Å². The summed E-state index contributed by atoms with van der Waals surface area (Å²) in [5.74, 6) is 0.944. The van der Waals surface area contributed by atoms with E-state index in [1.54, 1.807) is 13.0 Å². The minimum Gasteiger partial charge on any atom is -0.469 e. The van der Waals surface area contributed by atoms with Crippen molar-refractivity contribution in [3.8, 4) is 0 Å². The maximum absolute atomic E-state index is 11.5. The first-order valence-corrected chi connectivity index (χ1v) is 5.25. The van der Waals surface area contributed by atoms with E-state index in [1.165, 1.54) is 6.26 Å². The molecule has 0 atom stereocenters. The summed E-state index contributed by atoms with van der Waals surface area (Å²) in [6.07, 6.45) is 1.49. The smallest absolute Gasteiger partial charge is 0.254 e. The van der Waals surface area contributed by atoms with Crippen LogP contribution in [0.15, 0.2) is 16.7 Å². The molecule has 1 N–H and O–H groups in total. The first kappa shape index (κ1) is 12.1. The van der Waals surface area contributed by atoms with Crippen molar-refractivity contribution >= 4 is 17.5 Å². The minimum absolute atomic E-state index is 0.143. The summed E-state index contributed by atoms with van der Waals surface area (Å²) in [4.78, 5) is 11.5. The molecule has 0 fully saturated rings. The molecule has 0 aliphatic rings. The van der Waals surface area contributed by atoms with Gasteiger partial charge < -0.3 is 14.5 Å². The van der Waals surface area contributed by atoms with Crippen LogP contribution in [0.4, 0.5) is 0 Å². The normalized spacial score (nSPS) is 10.3. The predicted octanol–water partition coefficient (Wildman–Crippen LogP) is 1.57. The molecule has 15 heavy (non-hydrogen) atoms. The van der Waals surface area contributed by atoms with Gasteiger partial charge in [-0.2, -0.15) is 0 Å². The second-order valence-corrected chi connectivity index (χ2v) is 3.33. The highest BCUT2D eigenvalue weighted by molar-refractivity contribution is 6.17. The van der Waals surface area contributed by atoms with E-state index in [-0.39, 0.29) is 5.91 Å². The lowest BCUT2D eigenvalue weighted by atomic mass is 10.2. The number of aryl methyl sites for hydroxylation is 1. The summed E-state index contributed by atoms with van der Waals surface area (Å²) in [6, 6.07) is 1.64. The van der Waals surface area contributed by atoms with Gasteiger partial charge in [-0.25, -0.2) is 0 Å². The van der Waals surface area contributed by atoms with E-state index in [9.17, 15) is 4.79 Å². The SMILES string of the molecule is Cc1occc1C(=O)NCCOCCCl. The zero-order valence-corrected chi connectivity index (χ0v) is 9.34. The van der Waals surface area contributed by atoms with Crippen molar-refractivity contribution in [2.45, 2.75) is 6.92 Å². The first-order chi connectivity index (χ1) is 7.25. The number of rotatable bonds is 6. The summed E-state index contributed by atoms with van der Waals surface area (Å²) >= 11 is 5.42. The van der Waals surface area contributed by atoms with Gasteiger partial charge in [0, 0.05) is 12.4 Å². The van der Waals surface area contributed by atoms with Crippen LogP contribution in [-0.4, -0.2) is 31.5 Å². The number of amides is 1. The van der Waals surface area contributed by atoms with Crippen LogP contribution in [0.25, 0.3) is 0 Å². The van der Waals surface area contributed by atoms with Gasteiger partial charge in [0.1, 0.15) is 5.76 Å². The van der Waals surface area contributed by atoms with Crippen LogP contribution in [0.5, 0.6) is 0 Å². The van der Waals surface area contributed by atoms with Crippen LogP contribution in [0.3, 0.4) is 0 Å². The van der Waals surface area contributed by atoms with Gasteiger partial charge in [-0.05, 0) is 13.0 Å². The lowest BCUT2D eigenvalue weighted by molar-refractivity contribution is 0.0922. The molecule has 0 aromatic carbocycles. The number of carbonyl (C=O) groups is 1. The number of halogens is 1. The number of nitrogens with one attached hydrogen (secondary N) is 1. The monoisotopic (exact) mass is 231 g/mol. The minimum atomic E-state index is -0.143. The average Bonchev–Trinajstić information content (AvgIpc) is 2.64. The van der Waals surface area contributed by atoms with E-state index in [4.69, 9.17) is 20.8 Å². The molecule has 0 saturated carbocycles. The molecule has 84 valence electrons. The Bertz CT molecular complexity index is 311. The van der Waals surface area contributed by atoms with Gasteiger partial charge in [0.05, 0.1) is 25.0 Å². The highest BCUT2D eigenvalue weighted by atomic mass is 35.5. The third-order valence-electron chi connectivity index (χ3n) is 1.86. The van der Waals surface area contributed by atoms with Crippen molar-refractivity contribution < 1.29 is 13.9 Å². The van der Waals surface area contributed by atoms with E-state index in [2.05, 4.69) is 5.32 Å². The van der Waals surface area contributed by atoms with Crippen molar-refractivity contribution in [3.63, 3.8) is 0 Å². The van der Waals surface area contributed by atoms with Crippen molar-refractivity contribution in [3.05, 3.63) is 23.7 Å². The zero-order valence-electron chi connectivity index (χ0n) is 8.59. The molecule has 1 amide bonds. The van der Waals surface area contributed by atoms with Gasteiger partial charge in [-0.1, -0.05) is 0 Å². The molecule has 0 radical (unpaired) electrons. The Morgan fingerprint density at radius 1 is 1.60 bits per heavy atom. The standard InChI is InChI=1S/C10H14ClNO3/c1-8-9(2-5-15-8)10(13)12-4-7-14-6-3-11/h2,5H,3-4,6-7H2,1H3,(H,12,13). The highest BCUT2D eigenvalue weighted by Gasteiger charge is 2.09. The Balaban J connectivity index is 2.22. The third kappa shape index (κ3) is 3.93. The topological polar surface area (TPSA) is 51.5 Å². The summed E-state index contributed by atoms with van der Waals surface area (Å²) in [5.41, 5.74) is 0.562. The van der Waals surface area contributed by atoms with E-state index in [0.717, 1.165) is 0 Å². The summed E-state index contributed by atoms with van der Waals surface area (Å²) in [6.45, 7) is 3.19. The Morgan fingerprint density at radius 3 is 3.00 bits per heavy atom. The molecule has 0 bridgehead atoms. The molecule has 5 heteroatoms. The Morgan fingerprint density at radius 2 is 2.40 bits per heavy atom. The van der Waals surface area contributed by atoms with Gasteiger partial charge in [0.25, 0.3) is 5.91 Å². The fourth-order valence-electron chi connectivity index (χ4n) is 1.11. The Labute approximate surface area is 93.5 Å². The van der Waals surface area contributed by atoms with E-state index < -0.39 is 0 Å². The Kier molecular flexibility index (Phi) is 5.21. The van der Waals surface area contributed by atoms with Gasteiger partial charge in [0.15, 0.2) is 0 Å². The summed E-state index contributed by atoms with van der Waals surface area (Å²) < 4.78 is 10.1. The number of alkyl halides is 1. The van der Waals surface area contributed by atoms with E-state index in [0.29, 0.717) is 37.0 Å². The van der Waals surface area contributed by atoms with Gasteiger partial charge in [-0.3, -0.25) is 4.79 Å². The molecular weight excluding hydrogens is 218 g/mol. The zero-order chi connectivity index (χ0) is 11.1. The van der Waals surface area contributed by atoms with Crippen molar-refractivity contribution in [2.75, 3.05) is 25.6 Å². The molecule has 0 aliphatic heterocycles. The molecule has 0 unspecified atom stereocenters. The molecular formula is C10H14ClNO3. The highest BCUT2D eigenvalue weighted by Crippen LogP contribution is 2.07.